The van der Waals surface area contributed by atoms with E-state index in [0.29, 0.717) is 11.2 Å². The predicted octanol–water partition coefficient (Wildman–Crippen LogP) is 5.24. The van der Waals surface area contributed by atoms with Crippen molar-refractivity contribution < 1.29 is 0 Å². The number of hydrogen-bond donors (Lipinski definition) is 1. The zero-order valence-corrected chi connectivity index (χ0v) is 19.3. The lowest BCUT2D eigenvalue weighted by molar-refractivity contribution is 0.562. The van der Waals surface area contributed by atoms with Crippen LogP contribution in [-0.4, -0.2) is 24.9 Å². The molecule has 0 atom stereocenters. The van der Waals surface area contributed by atoms with Crippen LogP contribution in [-0.2, 0) is 13.6 Å². The highest BCUT2D eigenvalue weighted by molar-refractivity contribution is 7.99. The normalized spacial score (nSPS) is 11.6. The molecule has 2 heterocycles. The van der Waals surface area contributed by atoms with Gasteiger partial charge in [-0.15, -0.1) is 0 Å². The minimum absolute atomic E-state index is 0.329. The molecule has 0 aromatic carbocycles. The van der Waals surface area contributed by atoms with Crippen molar-refractivity contribution in [3.63, 3.8) is 0 Å². The van der Waals surface area contributed by atoms with Gasteiger partial charge in [0, 0.05) is 19.3 Å². The van der Waals surface area contributed by atoms with Crippen LogP contribution in [0.4, 0.5) is 0 Å². The van der Waals surface area contributed by atoms with E-state index >= 15 is 0 Å². The molecular weight excluding hydrogens is 384 g/mol. The van der Waals surface area contributed by atoms with Gasteiger partial charge in [-0.2, -0.15) is 0 Å². The maximum atomic E-state index is 12.5. The van der Waals surface area contributed by atoms with Crippen LogP contribution in [0.1, 0.15) is 90.9 Å². The zero-order valence-electron chi connectivity index (χ0n) is 18.5. The fourth-order valence-electron chi connectivity index (χ4n) is 3.63. The number of H-pyrrole nitrogens is 1. The molecule has 6 nitrogen and oxygen atoms in total. The summed E-state index contributed by atoms with van der Waals surface area (Å²) in [6.07, 6.45) is 14.9. The van der Waals surface area contributed by atoms with Gasteiger partial charge in [0.2, 0.25) is 0 Å². The molecule has 29 heavy (non-hydrogen) atoms. The Hall–Kier alpha value is -1.50. The first kappa shape index (κ1) is 23.8. The smallest absolute Gasteiger partial charge is 0.313 e. The van der Waals surface area contributed by atoms with E-state index in [-0.39, 0.29) is 5.56 Å². The SMILES string of the molecule is CCCCCCCCCCSc1nc2c(c(=O)[nH]c(=O)n2C)n1CCCCCC. The number of aryl methyl sites for hydroxylation is 2. The quantitative estimate of drug-likeness (QED) is 0.315. The Bertz CT molecular complexity index is 853. The Balaban J connectivity index is 1.99. The monoisotopic (exact) mass is 422 g/mol. The van der Waals surface area contributed by atoms with Gasteiger partial charge in [0.05, 0.1) is 0 Å². The third kappa shape index (κ3) is 7.05. The molecular formula is C22H38N4O2S. The first-order valence-electron chi connectivity index (χ1n) is 11.4. The third-order valence-corrected chi connectivity index (χ3v) is 6.50. The van der Waals surface area contributed by atoms with Crippen LogP contribution in [0.5, 0.6) is 0 Å². The largest absolute Gasteiger partial charge is 0.329 e. The minimum Gasteiger partial charge on any atom is -0.313 e. The molecule has 1 N–H and O–H groups in total. The molecule has 7 heteroatoms. The van der Waals surface area contributed by atoms with Crippen molar-refractivity contribution in [2.45, 2.75) is 103 Å². The average molecular weight is 423 g/mol. The van der Waals surface area contributed by atoms with Gasteiger partial charge in [-0.05, 0) is 12.8 Å². The number of imidazole rings is 1. The van der Waals surface area contributed by atoms with Crippen molar-refractivity contribution in [3.05, 3.63) is 20.8 Å². The highest BCUT2D eigenvalue weighted by Gasteiger charge is 2.17. The van der Waals surface area contributed by atoms with Gasteiger partial charge in [-0.25, -0.2) is 9.78 Å². The molecule has 0 saturated heterocycles. The third-order valence-electron chi connectivity index (χ3n) is 5.44. The van der Waals surface area contributed by atoms with Crippen LogP contribution >= 0.6 is 11.8 Å². The van der Waals surface area contributed by atoms with Crippen molar-refractivity contribution in [1.82, 2.24) is 19.1 Å². The highest BCUT2D eigenvalue weighted by Crippen LogP contribution is 2.24. The van der Waals surface area contributed by atoms with Crippen molar-refractivity contribution in [1.29, 1.82) is 0 Å². The number of aromatic amines is 1. The molecule has 0 spiro atoms. The second-order valence-electron chi connectivity index (χ2n) is 7.92. The van der Waals surface area contributed by atoms with Gasteiger partial charge in [0.15, 0.2) is 16.3 Å². The molecule has 0 aliphatic rings. The van der Waals surface area contributed by atoms with Crippen LogP contribution in [0.25, 0.3) is 11.2 Å². The fourth-order valence-corrected chi connectivity index (χ4v) is 4.65. The number of nitrogens with one attached hydrogen (secondary N) is 1. The molecule has 164 valence electrons. The Kier molecular flexibility index (Phi) is 10.6. The fraction of sp³-hybridized carbons (Fsp3) is 0.773. The Morgan fingerprint density at radius 2 is 1.45 bits per heavy atom. The van der Waals surface area contributed by atoms with Gasteiger partial charge in [0.25, 0.3) is 5.56 Å². The maximum absolute atomic E-state index is 12.5. The second kappa shape index (κ2) is 12.9. The lowest BCUT2D eigenvalue weighted by atomic mass is 10.1. The van der Waals surface area contributed by atoms with Crippen LogP contribution in [0, 0.1) is 0 Å². The summed E-state index contributed by atoms with van der Waals surface area (Å²) in [6.45, 7) is 5.22. The van der Waals surface area contributed by atoms with E-state index in [2.05, 4.69) is 23.8 Å². The summed E-state index contributed by atoms with van der Waals surface area (Å²) >= 11 is 1.72. The Labute approximate surface area is 178 Å². The van der Waals surface area contributed by atoms with E-state index < -0.39 is 5.69 Å². The van der Waals surface area contributed by atoms with E-state index in [0.717, 1.165) is 36.7 Å². The van der Waals surface area contributed by atoms with Gasteiger partial charge in [0.1, 0.15) is 0 Å². The summed E-state index contributed by atoms with van der Waals surface area (Å²) in [7, 11) is 1.67. The summed E-state index contributed by atoms with van der Waals surface area (Å²) < 4.78 is 3.47. The van der Waals surface area contributed by atoms with E-state index in [1.54, 1.807) is 18.8 Å². The summed E-state index contributed by atoms with van der Waals surface area (Å²) in [5.41, 5.74) is 0.289. The molecule has 0 saturated carbocycles. The maximum Gasteiger partial charge on any atom is 0.329 e. The highest BCUT2D eigenvalue weighted by atomic mass is 32.2. The number of fused-ring (bicyclic) bond motifs is 1. The van der Waals surface area contributed by atoms with Gasteiger partial charge < -0.3 is 4.57 Å². The number of aromatic nitrogens is 4. The average Bonchev–Trinajstić information content (AvgIpc) is 3.07. The number of hydrogen-bond acceptors (Lipinski definition) is 4. The van der Waals surface area contributed by atoms with Crippen molar-refractivity contribution >= 4 is 22.9 Å². The second-order valence-corrected chi connectivity index (χ2v) is 8.98. The first-order chi connectivity index (χ1) is 14.1. The number of thioether (sulfide) groups is 1. The van der Waals surface area contributed by atoms with E-state index in [1.807, 2.05) is 4.57 Å². The molecule has 0 amide bonds. The Morgan fingerprint density at radius 1 is 0.862 bits per heavy atom. The van der Waals surface area contributed by atoms with Gasteiger partial charge in [-0.3, -0.25) is 14.3 Å². The van der Waals surface area contributed by atoms with Gasteiger partial charge in [-0.1, -0.05) is 89.8 Å². The molecule has 2 aromatic rings. The van der Waals surface area contributed by atoms with Gasteiger partial charge >= 0.3 is 5.69 Å². The molecule has 2 aromatic heterocycles. The number of nitrogens with zero attached hydrogens (tertiary/aromatic N) is 3. The van der Waals surface area contributed by atoms with Crippen molar-refractivity contribution in [3.8, 4) is 0 Å². The zero-order chi connectivity index (χ0) is 21.1. The standard InChI is InChI=1S/C22H38N4O2S/c1-4-6-8-10-11-12-13-15-17-29-22-23-19-18(20(27)24-21(28)25(19)3)26(22)16-14-9-7-5-2/h4-17H2,1-3H3,(H,24,27,28). The lowest BCUT2D eigenvalue weighted by Gasteiger charge is -2.08. The molecule has 0 aliphatic heterocycles. The van der Waals surface area contributed by atoms with E-state index in [4.69, 9.17) is 0 Å². The lowest BCUT2D eigenvalue weighted by Crippen LogP contribution is -2.29. The van der Waals surface area contributed by atoms with Crippen molar-refractivity contribution in [2.24, 2.45) is 7.05 Å². The molecule has 0 radical (unpaired) electrons. The topological polar surface area (TPSA) is 72.7 Å². The first-order valence-corrected chi connectivity index (χ1v) is 12.4. The summed E-state index contributed by atoms with van der Waals surface area (Å²) in [6, 6.07) is 0. The van der Waals surface area contributed by atoms with Crippen LogP contribution < -0.4 is 11.2 Å². The van der Waals surface area contributed by atoms with Crippen LogP contribution in [0.3, 0.4) is 0 Å². The molecule has 0 fully saturated rings. The summed E-state index contributed by atoms with van der Waals surface area (Å²) in [5, 5.41) is 0.867. The molecule has 0 bridgehead atoms. The van der Waals surface area contributed by atoms with E-state index in [1.165, 1.54) is 62.4 Å². The molecule has 0 unspecified atom stereocenters. The summed E-state index contributed by atoms with van der Waals surface area (Å²) in [4.78, 5) is 31.5. The van der Waals surface area contributed by atoms with Crippen LogP contribution in [0.2, 0.25) is 0 Å². The molecule has 2 rings (SSSR count). The molecule has 0 aliphatic carbocycles. The Morgan fingerprint density at radius 3 is 2.10 bits per heavy atom. The van der Waals surface area contributed by atoms with Crippen molar-refractivity contribution in [2.75, 3.05) is 5.75 Å². The predicted molar refractivity (Wildman–Crippen MR) is 123 cm³/mol. The summed E-state index contributed by atoms with van der Waals surface area (Å²) in [5.74, 6) is 0.999. The number of rotatable bonds is 15. The van der Waals surface area contributed by atoms with Crippen LogP contribution in [0.15, 0.2) is 14.7 Å². The number of unbranched alkanes of at least 4 members (excludes halogenated alkanes) is 10. The minimum atomic E-state index is -0.405. The van der Waals surface area contributed by atoms with E-state index in [9.17, 15) is 9.59 Å².